The fraction of sp³-hybridized carbons (Fsp3) is 0.360. The summed E-state index contributed by atoms with van der Waals surface area (Å²) in [6.07, 6.45) is 8.34. The number of nitrogens with zero attached hydrogens (tertiary/aromatic N) is 5. The SMILES string of the molecule is CC(C)(CO)Nc1cnc(C([OH2+])=NC(=N)[C@@](C)(c2ccc(-c3cnc(N)nc3)cc2)C2CC2)cn1. The lowest BCUT2D eigenvalue weighted by atomic mass is 9.76. The summed E-state index contributed by atoms with van der Waals surface area (Å²) in [4.78, 5) is 21.0. The Kier molecular flexibility index (Phi) is 6.49. The summed E-state index contributed by atoms with van der Waals surface area (Å²) in [6, 6.07) is 7.96. The molecule has 0 unspecified atom stereocenters. The third-order valence-corrected chi connectivity index (χ3v) is 6.36. The van der Waals surface area contributed by atoms with Crippen LogP contribution in [0.4, 0.5) is 11.8 Å². The number of hydrogen-bond donors (Lipinski definition) is 4. The summed E-state index contributed by atoms with van der Waals surface area (Å²) in [5.41, 5.74) is 7.48. The van der Waals surface area contributed by atoms with E-state index >= 15 is 0 Å². The van der Waals surface area contributed by atoms with Crippen molar-refractivity contribution in [1.82, 2.24) is 19.9 Å². The summed E-state index contributed by atoms with van der Waals surface area (Å²) >= 11 is 0. The molecule has 10 nitrogen and oxygen atoms in total. The molecule has 10 heteroatoms. The molecule has 0 radical (unpaired) electrons. The number of benzene rings is 1. The molecule has 1 saturated carbocycles. The van der Waals surface area contributed by atoms with Gasteiger partial charge in [-0.1, -0.05) is 24.3 Å². The third-order valence-electron chi connectivity index (χ3n) is 6.36. The number of aliphatic hydroxyl groups is 1. The summed E-state index contributed by atoms with van der Waals surface area (Å²) < 4.78 is 0. The lowest BCUT2D eigenvalue weighted by molar-refractivity contribution is 0.234. The molecule has 0 amide bonds. The maximum atomic E-state index is 9.41. The lowest BCUT2D eigenvalue weighted by Crippen LogP contribution is -2.35. The Morgan fingerprint density at radius 2 is 1.71 bits per heavy atom. The minimum atomic E-state index is -0.622. The monoisotopic (exact) mass is 475 g/mol. The molecule has 2 heterocycles. The molecule has 182 valence electrons. The van der Waals surface area contributed by atoms with Crippen LogP contribution in [0.1, 0.15) is 44.9 Å². The molecule has 35 heavy (non-hydrogen) atoms. The number of aliphatic hydroxyl groups excluding tert-OH is 1. The van der Waals surface area contributed by atoms with E-state index in [9.17, 15) is 5.11 Å². The van der Waals surface area contributed by atoms with Crippen molar-refractivity contribution in [3.63, 3.8) is 0 Å². The van der Waals surface area contributed by atoms with E-state index in [1.807, 2.05) is 45.0 Å². The molecule has 0 aliphatic heterocycles. The van der Waals surface area contributed by atoms with Gasteiger partial charge in [0.25, 0.3) is 0 Å². The predicted octanol–water partition coefficient (Wildman–Crippen LogP) is 2.51. The highest BCUT2D eigenvalue weighted by Gasteiger charge is 2.46. The minimum absolute atomic E-state index is 0.0623. The number of hydrogen-bond acceptors (Lipinski definition) is 8. The molecular weight excluding hydrogens is 444 g/mol. The molecule has 1 atom stereocenters. The molecule has 1 aromatic carbocycles. The van der Waals surface area contributed by atoms with Crippen molar-refractivity contribution >= 4 is 23.5 Å². The molecule has 3 aromatic rings. The van der Waals surface area contributed by atoms with Crippen LogP contribution in [0.5, 0.6) is 0 Å². The molecule has 2 aromatic heterocycles. The number of rotatable bonds is 8. The van der Waals surface area contributed by atoms with Crippen molar-refractivity contribution in [2.24, 2.45) is 10.9 Å². The van der Waals surface area contributed by atoms with Crippen LogP contribution in [-0.4, -0.2) is 54.0 Å². The second-order valence-electron chi connectivity index (χ2n) is 9.65. The highest BCUT2D eigenvalue weighted by atomic mass is 16.3. The van der Waals surface area contributed by atoms with Crippen LogP contribution in [0.2, 0.25) is 0 Å². The molecule has 0 saturated heterocycles. The van der Waals surface area contributed by atoms with Crippen LogP contribution in [0, 0.1) is 11.3 Å². The fourth-order valence-corrected chi connectivity index (χ4v) is 3.91. The Morgan fingerprint density at radius 3 is 2.26 bits per heavy atom. The zero-order valence-corrected chi connectivity index (χ0v) is 20.1. The van der Waals surface area contributed by atoms with E-state index in [4.69, 9.17) is 16.2 Å². The molecule has 4 rings (SSSR count). The van der Waals surface area contributed by atoms with E-state index in [0.29, 0.717) is 5.82 Å². The van der Waals surface area contributed by atoms with Gasteiger partial charge in [0.15, 0.2) is 5.69 Å². The van der Waals surface area contributed by atoms with Crippen LogP contribution >= 0.6 is 0 Å². The summed E-state index contributed by atoms with van der Waals surface area (Å²) in [5, 5.41) is 29.7. The van der Waals surface area contributed by atoms with Crippen LogP contribution < -0.4 is 11.1 Å². The topological polar surface area (TPSA) is 169 Å². The van der Waals surface area contributed by atoms with Crippen molar-refractivity contribution < 1.29 is 10.2 Å². The van der Waals surface area contributed by atoms with Gasteiger partial charge in [-0.05, 0) is 50.7 Å². The number of nitrogens with one attached hydrogen (secondary N) is 2. The highest BCUT2D eigenvalue weighted by Crippen LogP contribution is 2.48. The van der Waals surface area contributed by atoms with Gasteiger partial charge in [-0.15, -0.1) is 4.99 Å². The average Bonchev–Trinajstić information content (AvgIpc) is 3.70. The lowest BCUT2D eigenvalue weighted by Gasteiger charge is -2.28. The molecular formula is C25H31N8O2+. The number of aromatic nitrogens is 4. The highest BCUT2D eigenvalue weighted by molar-refractivity contribution is 6.03. The number of amidine groups is 1. The molecule has 0 spiro atoms. The number of anilines is 2. The van der Waals surface area contributed by atoms with Crippen LogP contribution in [0.15, 0.2) is 54.0 Å². The largest absolute Gasteiger partial charge is 0.577 e. The molecule has 0 bridgehead atoms. The first-order chi connectivity index (χ1) is 16.6. The second kappa shape index (κ2) is 9.38. The van der Waals surface area contributed by atoms with E-state index in [-0.39, 0.29) is 35.9 Å². The first-order valence-electron chi connectivity index (χ1n) is 11.4. The Balaban J connectivity index is 1.55. The van der Waals surface area contributed by atoms with E-state index in [1.54, 1.807) is 12.4 Å². The van der Waals surface area contributed by atoms with Gasteiger partial charge in [-0.3, -0.25) is 5.41 Å². The van der Waals surface area contributed by atoms with Crippen LogP contribution in [0.25, 0.3) is 11.1 Å². The summed E-state index contributed by atoms with van der Waals surface area (Å²) in [5.74, 6) is 1.02. The van der Waals surface area contributed by atoms with Crippen molar-refractivity contribution in [2.75, 3.05) is 17.7 Å². The predicted molar refractivity (Wildman–Crippen MR) is 137 cm³/mol. The van der Waals surface area contributed by atoms with Gasteiger partial charge in [0.2, 0.25) is 5.95 Å². The Morgan fingerprint density at radius 1 is 1.06 bits per heavy atom. The van der Waals surface area contributed by atoms with E-state index in [2.05, 4.69) is 30.2 Å². The smallest absolute Gasteiger partial charge is 0.386 e. The Labute approximate surface area is 203 Å². The number of nitrogen functional groups attached to an aromatic ring is 1. The zero-order chi connectivity index (χ0) is 25.2. The molecule has 7 N–H and O–H groups in total. The van der Waals surface area contributed by atoms with E-state index < -0.39 is 11.0 Å². The van der Waals surface area contributed by atoms with Crippen LogP contribution in [-0.2, 0) is 5.41 Å². The normalized spacial score (nSPS) is 15.9. The zero-order valence-electron chi connectivity index (χ0n) is 20.1. The Bertz CT molecular complexity index is 1220. The Hall–Kier alpha value is -3.92. The second-order valence-corrected chi connectivity index (χ2v) is 9.65. The summed E-state index contributed by atoms with van der Waals surface area (Å²) in [7, 11) is 0. The van der Waals surface area contributed by atoms with Crippen molar-refractivity contribution in [2.45, 2.75) is 44.6 Å². The van der Waals surface area contributed by atoms with Gasteiger partial charge >= 0.3 is 5.90 Å². The third kappa shape index (κ3) is 5.27. The van der Waals surface area contributed by atoms with Gasteiger partial charge < -0.3 is 21.3 Å². The van der Waals surface area contributed by atoms with Crippen molar-refractivity contribution in [1.29, 1.82) is 5.41 Å². The summed E-state index contributed by atoms with van der Waals surface area (Å²) in [6.45, 7) is 5.64. The van der Waals surface area contributed by atoms with Gasteiger partial charge in [0.1, 0.15) is 11.7 Å². The number of nitrogens with two attached hydrogens (primary N) is 1. The average molecular weight is 476 g/mol. The van der Waals surface area contributed by atoms with Gasteiger partial charge in [0.05, 0.1) is 30.0 Å². The number of aliphatic imine (C=N–C) groups is 1. The standard InChI is InChI=1S/C25H30N8O2/c1-24(2,14-34)33-20-13-28-19(12-29-20)21(35)32-22(26)25(3,18-8-9-18)17-6-4-15(5-7-17)16-10-30-23(27)31-11-16/h4-7,10-13,18,34H,8-9,14H2,1-3H3,(H,29,33)(H2,26,32,35)(H2,27,30,31)/p+1/t25-/m0/s1. The molecule has 1 aliphatic rings. The molecule has 1 aliphatic carbocycles. The first kappa shape index (κ1) is 24.2. The van der Waals surface area contributed by atoms with E-state index in [1.165, 1.54) is 12.4 Å². The van der Waals surface area contributed by atoms with Crippen molar-refractivity contribution in [3.8, 4) is 11.1 Å². The minimum Gasteiger partial charge on any atom is -0.577 e. The first-order valence-corrected chi connectivity index (χ1v) is 11.4. The van der Waals surface area contributed by atoms with Crippen molar-refractivity contribution in [3.05, 3.63) is 60.3 Å². The maximum absolute atomic E-state index is 9.41. The van der Waals surface area contributed by atoms with Gasteiger partial charge in [-0.25, -0.2) is 19.9 Å². The maximum Gasteiger partial charge on any atom is 0.386 e. The molecule has 1 fully saturated rings. The van der Waals surface area contributed by atoms with Gasteiger partial charge in [-0.2, -0.15) is 0 Å². The fourth-order valence-electron chi connectivity index (χ4n) is 3.91. The quantitative estimate of drug-likeness (QED) is 0.220. The van der Waals surface area contributed by atoms with Gasteiger partial charge in [0, 0.05) is 18.0 Å². The van der Waals surface area contributed by atoms with E-state index in [0.717, 1.165) is 29.5 Å². The van der Waals surface area contributed by atoms with Crippen LogP contribution in [0.3, 0.4) is 0 Å².